The largest absolute Gasteiger partial charge is 0.412 e. The summed E-state index contributed by atoms with van der Waals surface area (Å²) in [7, 11) is -5.15. The highest BCUT2D eigenvalue weighted by Gasteiger charge is 2.28. The van der Waals surface area contributed by atoms with Gasteiger partial charge in [-0.1, -0.05) is 74.4 Å². The van der Waals surface area contributed by atoms with E-state index in [4.69, 9.17) is 28.8 Å². The number of rotatable bonds is 15. The van der Waals surface area contributed by atoms with Crippen molar-refractivity contribution in [2.24, 2.45) is 0 Å². The van der Waals surface area contributed by atoms with Gasteiger partial charge in [0, 0.05) is 58.4 Å². The lowest BCUT2D eigenvalue weighted by atomic mass is 10.1. The lowest BCUT2D eigenvalue weighted by Gasteiger charge is -2.12. The zero-order valence-electron chi connectivity index (χ0n) is 52.8. The lowest BCUT2D eigenvalue weighted by molar-refractivity contribution is 0.532. The zero-order valence-corrected chi connectivity index (χ0v) is 56.0. The molecule has 99 heavy (non-hydrogen) atoms. The summed E-state index contributed by atoms with van der Waals surface area (Å²) in [5.74, 6) is -1.53. The van der Waals surface area contributed by atoms with Crippen LogP contribution in [-0.4, -0.2) is 72.7 Å². The molecule has 6 aromatic heterocycles. The van der Waals surface area contributed by atoms with Crippen molar-refractivity contribution < 1.29 is 51.0 Å². The Morgan fingerprint density at radius 3 is 1.04 bits per heavy atom. The number of nitrogens with one attached hydrogen (secondary N) is 3. The zero-order chi connectivity index (χ0) is 66.7. The second-order valence-electron chi connectivity index (χ2n) is 23.6. The van der Waals surface area contributed by atoms with E-state index in [1.165, 1.54) is 117 Å². The van der Waals surface area contributed by atoms with Crippen LogP contribution < -0.4 is 31.4 Å². The predicted octanol–water partition coefficient (Wildman–Crippen LogP) is 13.7. The molecule has 6 aromatic carbocycles. The number of anilines is 6. The van der Waals surface area contributed by atoms with Gasteiger partial charge < -0.3 is 47.3 Å². The molecule has 516 valence electrons. The molecule has 15 N–H and O–H groups in total. The van der Waals surface area contributed by atoms with Gasteiger partial charge in [0.25, 0.3) is 0 Å². The highest BCUT2D eigenvalue weighted by molar-refractivity contribution is 7.87. The number of aromatic nitrogens is 9. The number of halogens is 6. The molecule has 3 fully saturated rings. The fraction of sp³-hybridized carbons (Fsp3) is 0.217. The van der Waals surface area contributed by atoms with Crippen LogP contribution in [0.1, 0.15) is 95.2 Å². The van der Waals surface area contributed by atoms with Crippen molar-refractivity contribution in [3.05, 3.63) is 199 Å². The van der Waals surface area contributed by atoms with Crippen molar-refractivity contribution in [2.75, 3.05) is 31.4 Å². The maximum absolute atomic E-state index is 15.0. The van der Waals surface area contributed by atoms with Gasteiger partial charge in [-0.15, -0.1) is 0 Å². The predicted molar refractivity (Wildman–Crippen MR) is 380 cm³/mol. The Morgan fingerprint density at radius 2 is 0.717 bits per heavy atom. The fourth-order valence-corrected chi connectivity index (χ4v) is 15.6. The van der Waals surface area contributed by atoms with Gasteiger partial charge in [-0.05, 0) is 158 Å². The molecule has 0 aliphatic heterocycles. The van der Waals surface area contributed by atoms with Crippen LogP contribution in [0.25, 0.3) is 66.5 Å². The van der Waals surface area contributed by atoms with Gasteiger partial charge >= 0.3 is 0 Å². The molecular formula is C69H69ClF5N15O6S3. The monoisotopic (exact) mass is 1430 g/mol. The molecule has 6 heterocycles. The Bertz CT molecular complexity index is 4750. The molecule has 3 atom stereocenters. The molecule has 30 heteroatoms. The fourth-order valence-electron chi connectivity index (χ4n) is 12.8. The molecule has 0 spiro atoms. The van der Waals surface area contributed by atoms with Crippen LogP contribution in [0.15, 0.2) is 180 Å². The van der Waals surface area contributed by atoms with Gasteiger partial charge in [-0.3, -0.25) is 14.2 Å². The molecule has 0 saturated heterocycles. The summed E-state index contributed by atoms with van der Waals surface area (Å²) in [4.78, 5) is 26.8. The smallest absolute Gasteiger partial charge is 0.150 e. The quantitative estimate of drug-likeness (QED) is 0.0522. The van der Waals surface area contributed by atoms with Crippen LogP contribution in [0.3, 0.4) is 0 Å². The van der Waals surface area contributed by atoms with E-state index in [1.54, 1.807) is 48.5 Å². The van der Waals surface area contributed by atoms with Crippen LogP contribution in [0.4, 0.5) is 56.5 Å². The second kappa shape index (κ2) is 31.4. The summed E-state index contributed by atoms with van der Waals surface area (Å²) in [5.41, 5.74) is 25.3. The number of nitrogens with two attached hydrogens (primary N) is 3. The average Bonchev–Trinajstić information content (AvgIpc) is 1.62. The molecule has 15 rings (SSSR count). The maximum atomic E-state index is 15.0. The minimum Gasteiger partial charge on any atom is -0.412 e. The van der Waals surface area contributed by atoms with E-state index in [1.807, 2.05) is 18.6 Å². The normalized spacial score (nSPS) is 14.8. The second-order valence-corrected chi connectivity index (χ2v) is 27.7. The Morgan fingerprint density at radius 1 is 0.394 bits per heavy atom. The first-order chi connectivity index (χ1) is 46.5. The van der Waals surface area contributed by atoms with Gasteiger partial charge in [-0.25, -0.2) is 64.5 Å². The van der Waals surface area contributed by atoms with Crippen LogP contribution in [0.2, 0.25) is 5.02 Å². The highest BCUT2D eigenvalue weighted by atomic mass is 35.5. The first kappa shape index (κ1) is 72.0. The van der Waals surface area contributed by atoms with E-state index in [0.29, 0.717) is 77.9 Å². The van der Waals surface area contributed by atoms with Crippen molar-refractivity contribution in [1.29, 1.82) is 0 Å². The first-order valence-corrected chi connectivity index (χ1v) is 34.9. The minimum atomic E-state index is -1.80. The van der Waals surface area contributed by atoms with Crippen molar-refractivity contribution in [1.82, 2.24) is 43.6 Å². The van der Waals surface area contributed by atoms with Crippen LogP contribution >= 0.6 is 11.6 Å². The SMILES string of the molecule is Nc1ncnc2c1c(-c1ccc(NS(=O)c3ccc(Cl)cc3)c(F)c1)cn2C1CCCC1.Nc1ncnc2c1c(-c1ccc(NS(=O)c3ccc(F)cc3)c(F)c1)cn2C1CCCC1.Nc1ncnc2c1c(-c1ccc(NS(=O)c3cccc(F)c3)c(F)c1)cn2C1CCCC1.O.O.O. The van der Waals surface area contributed by atoms with Gasteiger partial charge in [0.1, 0.15) is 115 Å². The number of hydrogen-bond donors (Lipinski definition) is 6. The van der Waals surface area contributed by atoms with E-state index < -0.39 is 62.0 Å². The number of hydrogen-bond acceptors (Lipinski definition) is 12. The Kier molecular flexibility index (Phi) is 22.8. The van der Waals surface area contributed by atoms with E-state index in [-0.39, 0.29) is 38.4 Å². The van der Waals surface area contributed by atoms with E-state index in [9.17, 15) is 34.6 Å². The van der Waals surface area contributed by atoms with Gasteiger partial charge in [0.2, 0.25) is 0 Å². The molecule has 3 aliphatic rings. The first-order valence-electron chi connectivity index (χ1n) is 31.1. The highest BCUT2D eigenvalue weighted by Crippen LogP contribution is 2.43. The van der Waals surface area contributed by atoms with Gasteiger partial charge in [-0.2, -0.15) is 0 Å². The third-order valence-corrected chi connectivity index (χ3v) is 21.1. The Balaban J connectivity index is 0.000000158. The third kappa shape index (κ3) is 15.4. The average molecular weight is 1430 g/mol. The summed E-state index contributed by atoms with van der Waals surface area (Å²) in [6, 6.07) is 32.2. The van der Waals surface area contributed by atoms with Gasteiger partial charge in [0.15, 0.2) is 0 Å². The van der Waals surface area contributed by atoms with Crippen LogP contribution in [0, 0.1) is 29.1 Å². The van der Waals surface area contributed by atoms with E-state index >= 15 is 0 Å². The number of fused-ring (bicyclic) bond motifs is 3. The molecule has 3 saturated carbocycles. The standard InChI is InChI=1S/C23H21ClFN5OS.2C23H21F2N5OS.3H2O/c24-15-6-8-17(9-7-15)32(31)29-20-10-5-14(11-19(20)25)18-12-30(16-3-1-2-4-16)23-21(18)22(26)27-13-28-23;24-15-4-3-7-17(11-15)32(31)29-20-9-8-14(10-19(20)25)18-12-30(16-5-1-2-6-16)23-21(18)22(26)27-13-28-23;24-15-6-8-17(9-7-15)32(31)29-20-10-5-14(11-19(20)25)18-12-30(16-3-1-2-4-16)23-21(18)22(26)27-13-28-23;;;/h5-13,16,29H,1-4H2,(H2,26,27,28);3-4,7-13,16,29H,1-2,5-6H2,(H2,26,27,28);5-13,16,29H,1-4H2,(H2,26,27,28);3*1H2. The summed E-state index contributed by atoms with van der Waals surface area (Å²) >= 11 is 5.87. The van der Waals surface area contributed by atoms with Gasteiger partial charge in [0.05, 0.1) is 47.9 Å². The molecule has 21 nitrogen and oxygen atoms in total. The third-order valence-electron chi connectivity index (χ3n) is 17.6. The molecule has 0 bridgehead atoms. The summed E-state index contributed by atoms with van der Waals surface area (Å²) in [6.45, 7) is 0. The van der Waals surface area contributed by atoms with Crippen molar-refractivity contribution in [3.63, 3.8) is 0 Å². The number of nitrogen functional groups attached to an aromatic ring is 3. The topological polar surface area (TPSA) is 352 Å². The van der Waals surface area contributed by atoms with Crippen LogP contribution in [-0.2, 0) is 33.0 Å². The summed E-state index contributed by atoms with van der Waals surface area (Å²) in [6.07, 6.45) is 23.8. The Hall–Kier alpha value is -9.75. The van der Waals surface area contributed by atoms with Crippen molar-refractivity contribution >= 4 is 112 Å². The van der Waals surface area contributed by atoms with Crippen LogP contribution in [0.5, 0.6) is 0 Å². The molecular weight excluding hydrogens is 1360 g/mol. The molecule has 0 amide bonds. The molecule has 12 aromatic rings. The number of nitrogens with zero attached hydrogens (tertiary/aromatic N) is 9. The Labute approximate surface area is 577 Å². The lowest BCUT2D eigenvalue weighted by Crippen LogP contribution is -2.06. The minimum absolute atomic E-state index is 0. The molecule has 3 aliphatic carbocycles. The summed E-state index contributed by atoms with van der Waals surface area (Å²) < 4.78 is 123. The summed E-state index contributed by atoms with van der Waals surface area (Å²) in [5, 5.41) is 2.67. The number of benzene rings is 6. The molecule has 0 radical (unpaired) electrons. The molecule has 3 unspecified atom stereocenters. The van der Waals surface area contributed by atoms with E-state index in [0.717, 1.165) is 96.5 Å². The van der Waals surface area contributed by atoms with Crippen molar-refractivity contribution in [2.45, 2.75) is 110 Å². The maximum Gasteiger partial charge on any atom is 0.150 e. The van der Waals surface area contributed by atoms with E-state index in [2.05, 4.69) is 57.8 Å². The van der Waals surface area contributed by atoms with Crippen molar-refractivity contribution in [3.8, 4) is 33.4 Å².